The van der Waals surface area contributed by atoms with Crippen molar-refractivity contribution >= 4 is 0 Å². The highest BCUT2D eigenvalue weighted by molar-refractivity contribution is 5.43. The standard InChI is InChI=1S/C18H27F3N2O2/c1-3-24-17-9-14(6-7-16(17)25-13-18(19,20)21)10-22-11-15-5-4-8-23(2)12-15/h6-7,9,15,22H,3-5,8,10-13H2,1-2H3/t15-/m0/s1. The van der Waals surface area contributed by atoms with Crippen LogP contribution in [0.15, 0.2) is 18.2 Å². The van der Waals surface area contributed by atoms with Gasteiger partial charge in [0.1, 0.15) is 0 Å². The van der Waals surface area contributed by atoms with E-state index in [1.807, 2.05) is 0 Å². The molecule has 1 aromatic rings. The molecule has 0 aliphatic carbocycles. The van der Waals surface area contributed by atoms with Gasteiger partial charge in [-0.2, -0.15) is 13.2 Å². The average molecular weight is 360 g/mol. The molecule has 142 valence electrons. The molecule has 1 aliphatic rings. The molecular formula is C18H27F3N2O2. The Morgan fingerprint density at radius 2 is 2.04 bits per heavy atom. The maximum atomic E-state index is 12.3. The summed E-state index contributed by atoms with van der Waals surface area (Å²) in [6.45, 7) is 4.68. The highest BCUT2D eigenvalue weighted by Gasteiger charge is 2.29. The Hall–Kier alpha value is -1.47. The molecule has 1 heterocycles. The molecule has 1 aliphatic heterocycles. The monoisotopic (exact) mass is 360 g/mol. The van der Waals surface area contributed by atoms with Crippen LogP contribution < -0.4 is 14.8 Å². The quantitative estimate of drug-likeness (QED) is 0.770. The normalized spacial score (nSPS) is 19.0. The molecule has 0 bridgehead atoms. The van der Waals surface area contributed by atoms with E-state index in [1.165, 1.54) is 12.8 Å². The molecule has 0 saturated carbocycles. The van der Waals surface area contributed by atoms with Crippen LogP contribution in [0.1, 0.15) is 25.3 Å². The lowest BCUT2D eigenvalue weighted by atomic mass is 9.98. The molecule has 25 heavy (non-hydrogen) atoms. The van der Waals surface area contributed by atoms with Crippen LogP contribution in [0.5, 0.6) is 11.5 Å². The summed E-state index contributed by atoms with van der Waals surface area (Å²) in [7, 11) is 2.14. The van der Waals surface area contributed by atoms with E-state index in [0.29, 0.717) is 24.8 Å². The fourth-order valence-corrected chi connectivity index (χ4v) is 3.07. The molecular weight excluding hydrogens is 333 g/mol. The highest BCUT2D eigenvalue weighted by atomic mass is 19.4. The van der Waals surface area contributed by atoms with Crippen molar-refractivity contribution in [2.75, 3.05) is 39.9 Å². The first kappa shape index (κ1) is 19.8. The molecule has 0 unspecified atom stereocenters. The topological polar surface area (TPSA) is 33.7 Å². The van der Waals surface area contributed by atoms with Crippen LogP contribution in [0.25, 0.3) is 0 Å². The molecule has 2 rings (SSSR count). The van der Waals surface area contributed by atoms with Crippen LogP contribution in [0, 0.1) is 5.92 Å². The number of nitrogens with zero attached hydrogens (tertiary/aromatic N) is 1. The number of benzene rings is 1. The van der Waals surface area contributed by atoms with Gasteiger partial charge in [-0.05, 0) is 63.5 Å². The van der Waals surface area contributed by atoms with Gasteiger partial charge in [-0.3, -0.25) is 0 Å². The first-order valence-corrected chi connectivity index (χ1v) is 8.72. The summed E-state index contributed by atoms with van der Waals surface area (Å²) >= 11 is 0. The molecule has 0 aromatic heterocycles. The van der Waals surface area contributed by atoms with E-state index < -0.39 is 12.8 Å². The van der Waals surface area contributed by atoms with Crippen molar-refractivity contribution in [1.29, 1.82) is 0 Å². The van der Waals surface area contributed by atoms with Crippen molar-refractivity contribution in [3.8, 4) is 11.5 Å². The van der Waals surface area contributed by atoms with Crippen LogP contribution in [-0.2, 0) is 6.54 Å². The Morgan fingerprint density at radius 3 is 2.72 bits per heavy atom. The zero-order chi connectivity index (χ0) is 18.3. The van der Waals surface area contributed by atoms with Crippen LogP contribution >= 0.6 is 0 Å². The van der Waals surface area contributed by atoms with Crippen LogP contribution in [0.3, 0.4) is 0 Å². The van der Waals surface area contributed by atoms with Gasteiger partial charge in [0.2, 0.25) is 0 Å². The first-order valence-electron chi connectivity index (χ1n) is 8.72. The van der Waals surface area contributed by atoms with E-state index in [2.05, 4.69) is 17.3 Å². The second-order valence-electron chi connectivity index (χ2n) is 6.52. The van der Waals surface area contributed by atoms with Gasteiger partial charge in [-0.1, -0.05) is 6.07 Å². The van der Waals surface area contributed by atoms with E-state index in [0.717, 1.165) is 25.2 Å². The number of halogens is 3. The van der Waals surface area contributed by atoms with Crippen LogP contribution in [-0.4, -0.2) is 51.0 Å². The summed E-state index contributed by atoms with van der Waals surface area (Å²) in [4.78, 5) is 2.34. The van der Waals surface area contributed by atoms with Gasteiger partial charge in [-0.25, -0.2) is 0 Å². The molecule has 1 saturated heterocycles. The summed E-state index contributed by atoms with van der Waals surface area (Å²) in [5.41, 5.74) is 0.965. The van der Waals surface area contributed by atoms with Gasteiger partial charge in [0.15, 0.2) is 18.1 Å². The maximum absolute atomic E-state index is 12.3. The number of alkyl halides is 3. The Morgan fingerprint density at radius 1 is 1.24 bits per heavy atom. The molecule has 4 nitrogen and oxygen atoms in total. The summed E-state index contributed by atoms with van der Waals surface area (Å²) < 4.78 is 47.3. The molecule has 0 spiro atoms. The molecule has 1 atom stereocenters. The lowest BCUT2D eigenvalue weighted by molar-refractivity contribution is -0.153. The van der Waals surface area contributed by atoms with Crippen molar-refractivity contribution in [2.24, 2.45) is 5.92 Å². The third kappa shape index (κ3) is 7.12. The van der Waals surface area contributed by atoms with Gasteiger partial charge in [-0.15, -0.1) is 0 Å². The molecule has 0 radical (unpaired) electrons. The Bertz CT molecular complexity index is 538. The molecule has 1 N–H and O–H groups in total. The van der Waals surface area contributed by atoms with Gasteiger partial charge in [0.05, 0.1) is 6.61 Å². The predicted molar refractivity (Wildman–Crippen MR) is 91.1 cm³/mol. The Kier molecular flexibility index (Phi) is 7.38. The minimum atomic E-state index is -4.36. The minimum absolute atomic E-state index is 0.122. The van der Waals surface area contributed by atoms with Crippen molar-refractivity contribution in [3.05, 3.63) is 23.8 Å². The number of likely N-dealkylation sites (tertiary alicyclic amines) is 1. The predicted octanol–water partition coefficient (Wildman–Crippen LogP) is 3.46. The third-order valence-electron chi connectivity index (χ3n) is 4.18. The summed E-state index contributed by atoms with van der Waals surface area (Å²) in [5, 5.41) is 3.43. The Balaban J connectivity index is 1.88. The number of ether oxygens (including phenoxy) is 2. The van der Waals surface area contributed by atoms with Crippen molar-refractivity contribution in [1.82, 2.24) is 10.2 Å². The van der Waals surface area contributed by atoms with E-state index in [1.54, 1.807) is 25.1 Å². The molecule has 0 amide bonds. The third-order valence-corrected chi connectivity index (χ3v) is 4.18. The number of hydrogen-bond donors (Lipinski definition) is 1. The highest BCUT2D eigenvalue weighted by Crippen LogP contribution is 2.30. The molecule has 7 heteroatoms. The van der Waals surface area contributed by atoms with Gasteiger partial charge < -0.3 is 19.7 Å². The fourth-order valence-electron chi connectivity index (χ4n) is 3.07. The first-order chi connectivity index (χ1) is 11.9. The second-order valence-corrected chi connectivity index (χ2v) is 6.52. The Labute approximate surface area is 147 Å². The molecule has 1 aromatic carbocycles. The smallest absolute Gasteiger partial charge is 0.422 e. The van der Waals surface area contributed by atoms with Gasteiger partial charge in [0.25, 0.3) is 0 Å². The van der Waals surface area contributed by atoms with E-state index in [4.69, 9.17) is 9.47 Å². The minimum Gasteiger partial charge on any atom is -0.490 e. The lowest BCUT2D eigenvalue weighted by Crippen LogP contribution is -2.37. The summed E-state index contributed by atoms with van der Waals surface area (Å²) in [6.07, 6.45) is -1.91. The van der Waals surface area contributed by atoms with E-state index >= 15 is 0 Å². The number of nitrogens with one attached hydrogen (secondary N) is 1. The SMILES string of the molecule is CCOc1cc(CNC[C@@H]2CCCN(C)C2)ccc1OCC(F)(F)F. The van der Waals surface area contributed by atoms with Gasteiger partial charge in [0, 0.05) is 13.1 Å². The lowest BCUT2D eigenvalue weighted by Gasteiger charge is -2.29. The van der Waals surface area contributed by atoms with Gasteiger partial charge >= 0.3 is 6.18 Å². The van der Waals surface area contributed by atoms with Crippen molar-refractivity contribution in [3.63, 3.8) is 0 Å². The van der Waals surface area contributed by atoms with E-state index in [9.17, 15) is 13.2 Å². The summed E-state index contributed by atoms with van der Waals surface area (Å²) in [5.74, 6) is 1.11. The van der Waals surface area contributed by atoms with Crippen LogP contribution in [0.4, 0.5) is 13.2 Å². The fraction of sp³-hybridized carbons (Fsp3) is 0.667. The largest absolute Gasteiger partial charge is 0.490 e. The van der Waals surface area contributed by atoms with Crippen molar-refractivity contribution < 1.29 is 22.6 Å². The number of rotatable bonds is 8. The number of hydrogen-bond acceptors (Lipinski definition) is 4. The van der Waals surface area contributed by atoms with E-state index in [-0.39, 0.29) is 5.75 Å². The maximum Gasteiger partial charge on any atom is 0.422 e. The average Bonchev–Trinajstić information content (AvgIpc) is 2.54. The summed E-state index contributed by atoms with van der Waals surface area (Å²) in [6, 6.07) is 5.06. The zero-order valence-electron chi connectivity index (χ0n) is 14.9. The van der Waals surface area contributed by atoms with Crippen molar-refractivity contribution in [2.45, 2.75) is 32.5 Å². The zero-order valence-corrected chi connectivity index (χ0v) is 14.9. The second kappa shape index (κ2) is 9.29. The van der Waals surface area contributed by atoms with Crippen LogP contribution in [0.2, 0.25) is 0 Å². The molecule has 1 fully saturated rings. The number of piperidine rings is 1.